The summed E-state index contributed by atoms with van der Waals surface area (Å²) < 4.78 is 0. The van der Waals surface area contributed by atoms with Crippen molar-refractivity contribution in [3.05, 3.63) is 11.8 Å². The molecule has 0 rings (SSSR count). The van der Waals surface area contributed by atoms with Crippen LogP contribution in [0.5, 0.6) is 0 Å². The van der Waals surface area contributed by atoms with Crippen LogP contribution < -0.4 is 0 Å². The summed E-state index contributed by atoms with van der Waals surface area (Å²) in [6.07, 6.45) is 8.85. The van der Waals surface area contributed by atoms with Gasteiger partial charge < -0.3 is 0 Å². The Morgan fingerprint density at radius 2 is 1.83 bits per heavy atom. The summed E-state index contributed by atoms with van der Waals surface area (Å²) in [6.45, 7) is 6.54. The molecule has 0 spiro atoms. The molecule has 0 aromatic carbocycles. The maximum Gasteiger partial charge on any atom is 0.173 e. The molecule has 0 radical (unpaired) electrons. The van der Waals surface area contributed by atoms with E-state index >= 15 is 0 Å². The highest BCUT2D eigenvalue weighted by Crippen LogP contribution is 2.10. The Morgan fingerprint density at radius 1 is 1.17 bits per heavy atom. The molecule has 0 aromatic heterocycles. The fourth-order valence-electron chi connectivity index (χ4n) is 1.05. The highest BCUT2D eigenvalue weighted by atomic mass is 35.6. The molecular formula is C10H21ClSi. The van der Waals surface area contributed by atoms with Gasteiger partial charge in [-0.15, -0.1) is 0 Å². The van der Waals surface area contributed by atoms with Gasteiger partial charge in [0.2, 0.25) is 0 Å². The summed E-state index contributed by atoms with van der Waals surface area (Å²) >= 11 is 6.13. The summed E-state index contributed by atoms with van der Waals surface area (Å²) in [7, 11) is -1.43. The van der Waals surface area contributed by atoms with Gasteiger partial charge >= 0.3 is 0 Å². The summed E-state index contributed by atoms with van der Waals surface area (Å²) in [5, 5.41) is 0. The molecule has 0 unspecified atom stereocenters. The van der Waals surface area contributed by atoms with Crippen LogP contribution in [-0.4, -0.2) is 7.38 Å². The van der Waals surface area contributed by atoms with Gasteiger partial charge in [0, 0.05) is 0 Å². The third-order valence-corrected chi connectivity index (χ3v) is 3.14. The molecule has 72 valence electrons. The van der Waals surface area contributed by atoms with Crippen molar-refractivity contribution in [2.24, 2.45) is 0 Å². The lowest BCUT2D eigenvalue weighted by atomic mass is 10.2. The van der Waals surface area contributed by atoms with Crippen molar-refractivity contribution in [1.29, 1.82) is 0 Å². The Hall–Kier alpha value is 0.247. The van der Waals surface area contributed by atoms with Gasteiger partial charge in [-0.3, -0.25) is 0 Å². The van der Waals surface area contributed by atoms with E-state index in [1.165, 1.54) is 32.1 Å². The van der Waals surface area contributed by atoms with E-state index in [0.717, 1.165) is 0 Å². The molecule has 0 aliphatic rings. The minimum Gasteiger partial charge on any atom is -0.162 e. The molecule has 0 aromatic rings. The van der Waals surface area contributed by atoms with Gasteiger partial charge in [-0.2, -0.15) is 11.1 Å². The average Bonchev–Trinajstić information content (AvgIpc) is 1.94. The van der Waals surface area contributed by atoms with Crippen LogP contribution in [0.2, 0.25) is 13.1 Å². The smallest absolute Gasteiger partial charge is 0.162 e. The van der Waals surface area contributed by atoms with Crippen molar-refractivity contribution in [3.8, 4) is 0 Å². The number of unbranched alkanes of at least 4 members (excludes halogenated alkanes) is 4. The van der Waals surface area contributed by atoms with Crippen molar-refractivity contribution in [3.63, 3.8) is 0 Å². The minimum absolute atomic E-state index is 1.21. The molecule has 0 nitrogen and oxygen atoms in total. The van der Waals surface area contributed by atoms with Gasteiger partial charge in [0.1, 0.15) is 0 Å². The lowest BCUT2D eigenvalue weighted by Crippen LogP contribution is -2.11. The van der Waals surface area contributed by atoms with Gasteiger partial charge in [0.05, 0.1) is 0 Å². The number of halogens is 1. The Morgan fingerprint density at radius 3 is 2.33 bits per heavy atom. The maximum atomic E-state index is 6.13. The van der Waals surface area contributed by atoms with Crippen LogP contribution in [0.25, 0.3) is 0 Å². The Labute approximate surface area is 82.7 Å². The van der Waals surface area contributed by atoms with E-state index in [9.17, 15) is 0 Å². The monoisotopic (exact) mass is 204 g/mol. The summed E-state index contributed by atoms with van der Waals surface area (Å²) in [5.74, 6) is 0. The molecule has 0 aliphatic carbocycles. The topological polar surface area (TPSA) is 0 Å². The van der Waals surface area contributed by atoms with E-state index in [0.29, 0.717) is 0 Å². The van der Waals surface area contributed by atoms with Crippen LogP contribution in [0.15, 0.2) is 11.8 Å². The van der Waals surface area contributed by atoms with E-state index in [4.69, 9.17) is 11.1 Å². The molecule has 2 heteroatoms. The number of allylic oxidation sites excluding steroid dienone is 1. The lowest BCUT2D eigenvalue weighted by Gasteiger charge is -2.04. The van der Waals surface area contributed by atoms with Crippen molar-refractivity contribution in [2.75, 3.05) is 0 Å². The molecule has 0 aliphatic heterocycles. The number of rotatable bonds is 6. The highest BCUT2D eigenvalue weighted by molar-refractivity contribution is 7.21. The third-order valence-electron chi connectivity index (χ3n) is 1.74. The third kappa shape index (κ3) is 10.2. The first-order chi connectivity index (χ1) is 5.56. The van der Waals surface area contributed by atoms with Crippen molar-refractivity contribution in [2.45, 2.75) is 52.1 Å². The summed E-state index contributed by atoms with van der Waals surface area (Å²) in [6, 6.07) is 0. The Balaban J connectivity index is 3.25. The van der Waals surface area contributed by atoms with Crippen LogP contribution in [-0.2, 0) is 0 Å². The second kappa shape index (κ2) is 6.73. The predicted octanol–water partition coefficient (Wildman–Crippen LogP) is 4.50. The molecular weight excluding hydrogens is 184 g/mol. The van der Waals surface area contributed by atoms with Crippen LogP contribution in [0, 0.1) is 0 Å². The van der Waals surface area contributed by atoms with Crippen molar-refractivity contribution < 1.29 is 0 Å². The van der Waals surface area contributed by atoms with Crippen LogP contribution >= 0.6 is 11.1 Å². The molecule has 12 heavy (non-hydrogen) atoms. The molecule has 0 bridgehead atoms. The van der Waals surface area contributed by atoms with E-state index in [1.807, 2.05) is 0 Å². The summed E-state index contributed by atoms with van der Waals surface area (Å²) in [5.41, 5.74) is 2.22. The molecule has 0 amide bonds. The van der Waals surface area contributed by atoms with Crippen molar-refractivity contribution >= 4 is 18.5 Å². The normalized spacial score (nSPS) is 12.7. The first-order valence-corrected chi connectivity index (χ1v) is 9.02. The maximum absolute atomic E-state index is 6.13. The Bertz CT molecular complexity index is 124. The van der Waals surface area contributed by atoms with E-state index in [2.05, 4.69) is 31.8 Å². The number of hydrogen-bond donors (Lipinski definition) is 0. The molecule has 0 saturated heterocycles. The van der Waals surface area contributed by atoms with Crippen molar-refractivity contribution in [1.82, 2.24) is 0 Å². The van der Waals surface area contributed by atoms with Crippen LogP contribution in [0.3, 0.4) is 0 Å². The van der Waals surface area contributed by atoms with Crippen LogP contribution in [0.4, 0.5) is 0 Å². The largest absolute Gasteiger partial charge is 0.173 e. The molecule has 0 saturated carbocycles. The SMILES string of the molecule is CCCCCCC=C[Si](C)(C)Cl. The molecule has 0 N–H and O–H groups in total. The van der Waals surface area contributed by atoms with E-state index in [-0.39, 0.29) is 0 Å². The minimum atomic E-state index is -1.43. The predicted molar refractivity (Wildman–Crippen MR) is 61.2 cm³/mol. The average molecular weight is 205 g/mol. The van der Waals surface area contributed by atoms with E-state index < -0.39 is 7.38 Å². The number of hydrogen-bond acceptors (Lipinski definition) is 0. The fraction of sp³-hybridized carbons (Fsp3) is 0.800. The van der Waals surface area contributed by atoms with E-state index in [1.54, 1.807) is 0 Å². The summed E-state index contributed by atoms with van der Waals surface area (Å²) in [4.78, 5) is 0. The van der Waals surface area contributed by atoms with Gasteiger partial charge in [0.25, 0.3) is 0 Å². The second-order valence-corrected chi connectivity index (χ2v) is 10.2. The zero-order valence-electron chi connectivity index (χ0n) is 8.57. The molecule has 0 atom stereocenters. The molecule has 0 fully saturated rings. The second-order valence-electron chi connectivity index (χ2n) is 3.82. The van der Waals surface area contributed by atoms with Gasteiger partial charge in [-0.05, 0) is 12.8 Å². The van der Waals surface area contributed by atoms with Gasteiger partial charge in [-0.25, -0.2) is 0 Å². The fourth-order valence-corrected chi connectivity index (χ4v) is 2.05. The zero-order chi connectivity index (χ0) is 9.45. The Kier molecular flexibility index (Phi) is 6.87. The highest BCUT2D eigenvalue weighted by Gasteiger charge is 2.10. The first-order valence-electron chi connectivity index (χ1n) is 4.93. The molecule has 0 heterocycles. The first kappa shape index (κ1) is 12.2. The zero-order valence-corrected chi connectivity index (χ0v) is 10.3. The van der Waals surface area contributed by atoms with Gasteiger partial charge in [0.15, 0.2) is 7.38 Å². The lowest BCUT2D eigenvalue weighted by molar-refractivity contribution is 0.674. The van der Waals surface area contributed by atoms with Crippen LogP contribution in [0.1, 0.15) is 39.0 Å². The standard InChI is InChI=1S/C10H21ClSi/c1-4-5-6-7-8-9-10-12(2,3)11/h9-10H,4-8H2,1-3H3. The quantitative estimate of drug-likeness (QED) is 0.340. The van der Waals surface area contributed by atoms with Gasteiger partial charge in [-0.1, -0.05) is 51.1 Å².